The van der Waals surface area contributed by atoms with E-state index in [1.54, 1.807) is 6.92 Å². The number of rotatable bonds is 7. The smallest absolute Gasteiger partial charge is 0.326 e. The molecule has 0 fully saturated rings. The van der Waals surface area contributed by atoms with Crippen LogP contribution in [0.2, 0.25) is 0 Å². The minimum absolute atomic E-state index is 0.204. The van der Waals surface area contributed by atoms with Crippen LogP contribution < -0.4 is 10.1 Å². The highest BCUT2D eigenvalue weighted by Crippen LogP contribution is 2.27. The van der Waals surface area contributed by atoms with Gasteiger partial charge in [-0.2, -0.15) is 0 Å². The van der Waals surface area contributed by atoms with Crippen molar-refractivity contribution in [3.05, 3.63) is 34.1 Å². The molecule has 1 rings (SSSR count). The second-order valence-corrected chi connectivity index (χ2v) is 3.81. The number of nitro benzene ring substituents is 1. The molecule has 0 saturated heterocycles. The molecule has 0 amide bonds. The van der Waals surface area contributed by atoms with E-state index in [1.165, 1.54) is 7.11 Å². The molecular formula is C12H15FN2O5. The average molecular weight is 286 g/mol. The monoisotopic (exact) mass is 286 g/mol. The maximum atomic E-state index is 13.1. The van der Waals surface area contributed by atoms with E-state index in [0.717, 1.165) is 18.2 Å². The van der Waals surface area contributed by atoms with E-state index in [9.17, 15) is 19.3 Å². The molecule has 8 heteroatoms. The van der Waals surface area contributed by atoms with Crippen molar-refractivity contribution in [2.45, 2.75) is 13.0 Å². The van der Waals surface area contributed by atoms with Gasteiger partial charge in [-0.15, -0.1) is 0 Å². The third kappa shape index (κ3) is 4.16. The first-order valence-electron chi connectivity index (χ1n) is 5.87. The van der Waals surface area contributed by atoms with E-state index in [1.807, 2.05) is 0 Å². The number of nitrogens with zero attached hydrogens (tertiary/aromatic N) is 1. The molecule has 1 aromatic rings. The Morgan fingerprint density at radius 2 is 2.25 bits per heavy atom. The zero-order valence-corrected chi connectivity index (χ0v) is 11.1. The molecule has 110 valence electrons. The second-order valence-electron chi connectivity index (χ2n) is 3.81. The van der Waals surface area contributed by atoms with Crippen molar-refractivity contribution in [2.75, 3.05) is 20.3 Å². The molecular weight excluding hydrogens is 271 g/mol. The molecule has 0 aliphatic carbocycles. The molecule has 1 atom stereocenters. The number of carbonyl (C=O) groups is 1. The number of likely N-dealkylation sites (N-methyl/N-ethyl adjacent to an activating group) is 1. The Hall–Kier alpha value is -2.22. The van der Waals surface area contributed by atoms with E-state index >= 15 is 0 Å². The van der Waals surface area contributed by atoms with Gasteiger partial charge in [0.15, 0.2) is 5.75 Å². The van der Waals surface area contributed by atoms with Crippen LogP contribution in [0.25, 0.3) is 0 Å². The first-order valence-corrected chi connectivity index (χ1v) is 5.87. The van der Waals surface area contributed by atoms with Crippen LogP contribution in [0.15, 0.2) is 18.2 Å². The third-order valence-corrected chi connectivity index (χ3v) is 2.46. The molecule has 0 aromatic heterocycles. The summed E-state index contributed by atoms with van der Waals surface area (Å²) in [6.45, 7) is 2.06. The number of hydrogen-bond acceptors (Lipinski definition) is 6. The molecule has 20 heavy (non-hydrogen) atoms. The lowest BCUT2D eigenvalue weighted by molar-refractivity contribution is -0.385. The highest BCUT2D eigenvalue weighted by molar-refractivity contribution is 5.75. The number of benzene rings is 1. The second kappa shape index (κ2) is 7.39. The molecule has 7 nitrogen and oxygen atoms in total. The van der Waals surface area contributed by atoms with Gasteiger partial charge in [0.2, 0.25) is 0 Å². The first kappa shape index (κ1) is 15.8. The molecule has 0 radical (unpaired) electrons. The van der Waals surface area contributed by atoms with E-state index < -0.39 is 22.8 Å². The normalized spacial score (nSPS) is 11.8. The summed E-state index contributed by atoms with van der Waals surface area (Å²) in [6, 6.07) is 2.09. The zero-order chi connectivity index (χ0) is 15.1. The van der Waals surface area contributed by atoms with Gasteiger partial charge in [0.1, 0.15) is 18.5 Å². The first-order chi connectivity index (χ1) is 9.49. The van der Waals surface area contributed by atoms with Gasteiger partial charge >= 0.3 is 11.7 Å². The van der Waals surface area contributed by atoms with Gasteiger partial charge in [0.25, 0.3) is 0 Å². The van der Waals surface area contributed by atoms with Crippen LogP contribution in [0.4, 0.5) is 10.1 Å². The van der Waals surface area contributed by atoms with Crippen LogP contribution >= 0.6 is 0 Å². The Labute approximate surface area is 114 Å². The van der Waals surface area contributed by atoms with Crippen LogP contribution in [0, 0.1) is 15.9 Å². The Morgan fingerprint density at radius 3 is 2.80 bits per heavy atom. The number of halogens is 1. The van der Waals surface area contributed by atoms with E-state index in [4.69, 9.17) is 4.74 Å². The molecule has 0 spiro atoms. The largest absolute Gasteiger partial charge is 0.484 e. The Bertz CT molecular complexity index is 495. The number of carbonyl (C=O) groups excluding carboxylic acids is 1. The Balaban J connectivity index is 2.84. The third-order valence-electron chi connectivity index (χ3n) is 2.46. The number of hydrogen-bond donors (Lipinski definition) is 1. The highest BCUT2D eigenvalue weighted by Gasteiger charge is 2.22. The SMILES string of the molecule is CCNC(COc1cc(F)ccc1[N+](=O)[O-])C(=O)OC. The van der Waals surface area contributed by atoms with Crippen molar-refractivity contribution in [3.8, 4) is 5.75 Å². The van der Waals surface area contributed by atoms with Crippen molar-refractivity contribution in [2.24, 2.45) is 0 Å². The molecule has 0 aliphatic heterocycles. The Kier molecular flexibility index (Phi) is 5.85. The summed E-state index contributed by atoms with van der Waals surface area (Å²) in [6.07, 6.45) is 0. The van der Waals surface area contributed by atoms with Crippen molar-refractivity contribution in [3.63, 3.8) is 0 Å². The maximum Gasteiger partial charge on any atom is 0.326 e. The van der Waals surface area contributed by atoms with Gasteiger partial charge in [-0.3, -0.25) is 14.9 Å². The molecule has 0 saturated carbocycles. The average Bonchev–Trinajstić information content (AvgIpc) is 2.42. The number of nitro groups is 1. The minimum atomic E-state index is -0.784. The van der Waals surface area contributed by atoms with Crippen LogP contribution in [0.3, 0.4) is 0 Å². The molecule has 0 aliphatic rings. The fourth-order valence-electron chi connectivity index (χ4n) is 1.53. The summed E-state index contributed by atoms with van der Waals surface area (Å²) >= 11 is 0. The highest BCUT2D eigenvalue weighted by atomic mass is 19.1. The maximum absolute atomic E-state index is 13.1. The molecule has 0 bridgehead atoms. The van der Waals surface area contributed by atoms with Gasteiger partial charge < -0.3 is 14.8 Å². The molecule has 1 aromatic carbocycles. The van der Waals surface area contributed by atoms with Gasteiger partial charge in [-0.1, -0.05) is 6.92 Å². The van der Waals surface area contributed by atoms with Gasteiger partial charge in [0, 0.05) is 12.1 Å². The quantitative estimate of drug-likeness (QED) is 0.461. The fraction of sp³-hybridized carbons (Fsp3) is 0.417. The predicted molar refractivity (Wildman–Crippen MR) is 68.0 cm³/mol. The molecule has 0 heterocycles. The van der Waals surface area contributed by atoms with Crippen LogP contribution in [0.1, 0.15) is 6.92 Å². The van der Waals surface area contributed by atoms with E-state index in [2.05, 4.69) is 10.1 Å². The van der Waals surface area contributed by atoms with Crippen LogP contribution in [-0.4, -0.2) is 37.2 Å². The van der Waals surface area contributed by atoms with Crippen molar-refractivity contribution in [1.82, 2.24) is 5.32 Å². The number of nitrogens with one attached hydrogen (secondary N) is 1. The fourth-order valence-corrected chi connectivity index (χ4v) is 1.53. The zero-order valence-electron chi connectivity index (χ0n) is 11.1. The van der Waals surface area contributed by atoms with Gasteiger partial charge in [-0.05, 0) is 12.6 Å². The lowest BCUT2D eigenvalue weighted by Crippen LogP contribution is -2.42. The summed E-state index contributed by atoms with van der Waals surface area (Å²) in [5, 5.41) is 13.6. The van der Waals surface area contributed by atoms with Crippen molar-refractivity contribution >= 4 is 11.7 Å². The summed E-state index contributed by atoms with van der Waals surface area (Å²) in [4.78, 5) is 21.5. The van der Waals surface area contributed by atoms with Crippen LogP contribution in [0.5, 0.6) is 5.75 Å². The van der Waals surface area contributed by atoms with E-state index in [-0.39, 0.29) is 18.0 Å². The lowest BCUT2D eigenvalue weighted by atomic mass is 10.2. The summed E-state index contributed by atoms with van der Waals surface area (Å²) in [7, 11) is 1.22. The molecule has 1 N–H and O–H groups in total. The minimum Gasteiger partial charge on any atom is -0.484 e. The summed E-state index contributed by atoms with van der Waals surface area (Å²) < 4.78 is 22.8. The number of esters is 1. The summed E-state index contributed by atoms with van der Waals surface area (Å²) in [5.41, 5.74) is -0.369. The van der Waals surface area contributed by atoms with Gasteiger partial charge in [0.05, 0.1) is 12.0 Å². The predicted octanol–water partition coefficient (Wildman–Crippen LogP) is 1.26. The summed E-state index contributed by atoms with van der Waals surface area (Å²) in [5.74, 6) is -1.46. The van der Waals surface area contributed by atoms with Crippen molar-refractivity contribution < 1.29 is 23.6 Å². The van der Waals surface area contributed by atoms with Gasteiger partial charge in [-0.25, -0.2) is 4.39 Å². The molecule has 1 unspecified atom stereocenters. The lowest BCUT2D eigenvalue weighted by Gasteiger charge is -2.16. The standard InChI is InChI=1S/C12H15FN2O5/c1-3-14-9(12(16)19-2)7-20-11-6-8(13)4-5-10(11)15(17)18/h4-6,9,14H,3,7H2,1-2H3. The number of methoxy groups -OCH3 is 1. The van der Waals surface area contributed by atoms with Crippen LogP contribution in [-0.2, 0) is 9.53 Å². The van der Waals surface area contributed by atoms with E-state index in [0.29, 0.717) is 6.54 Å². The Morgan fingerprint density at radius 1 is 1.55 bits per heavy atom. The number of ether oxygens (including phenoxy) is 2. The topological polar surface area (TPSA) is 90.7 Å². The van der Waals surface area contributed by atoms with Crippen molar-refractivity contribution in [1.29, 1.82) is 0 Å².